The van der Waals surface area contributed by atoms with Gasteiger partial charge in [-0.25, -0.2) is 9.82 Å². The molecule has 3 N–H and O–H groups in total. The summed E-state index contributed by atoms with van der Waals surface area (Å²) in [6.45, 7) is 1.85. The van der Waals surface area contributed by atoms with Gasteiger partial charge < -0.3 is 0 Å². The van der Waals surface area contributed by atoms with Crippen LogP contribution in [0.5, 0.6) is 0 Å². The lowest BCUT2D eigenvalue weighted by molar-refractivity contribution is 0.603. The molecule has 0 spiro atoms. The van der Waals surface area contributed by atoms with Crippen LogP contribution in [-0.4, -0.2) is 9.78 Å². The lowest BCUT2D eigenvalue weighted by Crippen LogP contribution is -2.28. The van der Waals surface area contributed by atoms with Crippen molar-refractivity contribution in [3.05, 3.63) is 53.1 Å². The molecular formula is C12H15FN4. The van der Waals surface area contributed by atoms with E-state index in [0.717, 1.165) is 16.7 Å². The van der Waals surface area contributed by atoms with Gasteiger partial charge in [-0.1, -0.05) is 6.07 Å². The van der Waals surface area contributed by atoms with Crippen LogP contribution in [-0.2, 0) is 7.05 Å². The Morgan fingerprint density at radius 3 is 2.65 bits per heavy atom. The third-order valence-electron chi connectivity index (χ3n) is 2.62. The number of hydrazine groups is 1. The molecule has 4 nitrogen and oxygen atoms in total. The van der Waals surface area contributed by atoms with E-state index in [9.17, 15) is 4.39 Å². The van der Waals surface area contributed by atoms with Crippen molar-refractivity contribution in [2.75, 3.05) is 0 Å². The summed E-state index contributed by atoms with van der Waals surface area (Å²) in [6.07, 6.45) is 3.57. The minimum atomic E-state index is -0.260. The van der Waals surface area contributed by atoms with E-state index >= 15 is 0 Å². The number of rotatable bonds is 3. The zero-order chi connectivity index (χ0) is 12.4. The highest BCUT2D eigenvalue weighted by Crippen LogP contribution is 2.22. The fourth-order valence-electron chi connectivity index (χ4n) is 1.91. The van der Waals surface area contributed by atoms with Crippen LogP contribution in [0.4, 0.5) is 4.39 Å². The zero-order valence-corrected chi connectivity index (χ0v) is 9.81. The molecule has 1 atom stereocenters. The summed E-state index contributed by atoms with van der Waals surface area (Å²) in [6, 6.07) is 4.61. The van der Waals surface area contributed by atoms with Crippen LogP contribution in [0.25, 0.3) is 0 Å². The van der Waals surface area contributed by atoms with E-state index in [4.69, 9.17) is 5.84 Å². The monoisotopic (exact) mass is 234 g/mol. The SMILES string of the molecule is Cc1cc(F)cc(C(NN)c2cnn(C)c2)c1. The predicted octanol–water partition coefficient (Wildman–Crippen LogP) is 1.42. The minimum Gasteiger partial charge on any atom is -0.275 e. The lowest BCUT2D eigenvalue weighted by Gasteiger charge is -2.15. The third-order valence-corrected chi connectivity index (χ3v) is 2.62. The molecule has 17 heavy (non-hydrogen) atoms. The van der Waals surface area contributed by atoms with E-state index in [1.165, 1.54) is 12.1 Å². The van der Waals surface area contributed by atoms with E-state index in [1.807, 2.05) is 26.2 Å². The molecule has 0 bridgehead atoms. The molecule has 2 aromatic rings. The summed E-state index contributed by atoms with van der Waals surface area (Å²) >= 11 is 0. The summed E-state index contributed by atoms with van der Waals surface area (Å²) < 4.78 is 15.0. The number of halogens is 1. The molecule has 5 heteroatoms. The van der Waals surface area contributed by atoms with Crippen molar-refractivity contribution in [1.82, 2.24) is 15.2 Å². The standard InChI is InChI=1S/C12H15FN4/c1-8-3-9(5-11(13)4-8)12(16-14)10-6-15-17(2)7-10/h3-7,12,16H,14H2,1-2H3. The Morgan fingerprint density at radius 2 is 2.12 bits per heavy atom. The summed E-state index contributed by atoms with van der Waals surface area (Å²) in [5, 5.41) is 4.08. The van der Waals surface area contributed by atoms with E-state index in [2.05, 4.69) is 10.5 Å². The van der Waals surface area contributed by atoms with Crippen LogP contribution >= 0.6 is 0 Å². The molecule has 2 rings (SSSR count). The van der Waals surface area contributed by atoms with Gasteiger partial charge in [-0.3, -0.25) is 10.5 Å². The van der Waals surface area contributed by atoms with Crippen LogP contribution < -0.4 is 11.3 Å². The third kappa shape index (κ3) is 2.51. The molecule has 1 heterocycles. The number of hydrogen-bond acceptors (Lipinski definition) is 3. The first kappa shape index (κ1) is 11.8. The maximum absolute atomic E-state index is 13.4. The van der Waals surface area contributed by atoms with Crippen molar-refractivity contribution in [2.24, 2.45) is 12.9 Å². The topological polar surface area (TPSA) is 55.9 Å². The Hall–Kier alpha value is -1.72. The molecule has 1 unspecified atom stereocenters. The second kappa shape index (κ2) is 4.65. The fraction of sp³-hybridized carbons (Fsp3) is 0.250. The molecule has 0 radical (unpaired) electrons. The van der Waals surface area contributed by atoms with Gasteiger partial charge in [-0.15, -0.1) is 0 Å². The highest BCUT2D eigenvalue weighted by Gasteiger charge is 2.15. The average molecular weight is 234 g/mol. The maximum atomic E-state index is 13.4. The highest BCUT2D eigenvalue weighted by atomic mass is 19.1. The Balaban J connectivity index is 2.41. The largest absolute Gasteiger partial charge is 0.275 e. The van der Waals surface area contributed by atoms with E-state index < -0.39 is 0 Å². The second-order valence-electron chi connectivity index (χ2n) is 4.11. The highest BCUT2D eigenvalue weighted by molar-refractivity contribution is 5.32. The van der Waals surface area contributed by atoms with Crippen molar-refractivity contribution < 1.29 is 4.39 Å². The van der Waals surface area contributed by atoms with Gasteiger partial charge in [0.15, 0.2) is 0 Å². The van der Waals surface area contributed by atoms with E-state index in [-0.39, 0.29) is 11.9 Å². The molecule has 90 valence electrons. The van der Waals surface area contributed by atoms with Gasteiger partial charge >= 0.3 is 0 Å². The molecular weight excluding hydrogens is 219 g/mol. The van der Waals surface area contributed by atoms with Crippen LogP contribution in [0.15, 0.2) is 30.6 Å². The molecule has 1 aromatic heterocycles. The molecule has 1 aromatic carbocycles. The van der Waals surface area contributed by atoms with Crippen molar-refractivity contribution in [3.63, 3.8) is 0 Å². The number of nitrogens with two attached hydrogens (primary N) is 1. The van der Waals surface area contributed by atoms with Crippen molar-refractivity contribution in [2.45, 2.75) is 13.0 Å². The molecule has 0 saturated carbocycles. The van der Waals surface area contributed by atoms with Crippen LogP contribution in [0.1, 0.15) is 22.7 Å². The molecule has 0 saturated heterocycles. The van der Waals surface area contributed by atoms with Crippen LogP contribution in [0, 0.1) is 12.7 Å². The van der Waals surface area contributed by atoms with E-state index in [0.29, 0.717) is 0 Å². The predicted molar refractivity (Wildman–Crippen MR) is 63.5 cm³/mol. The lowest BCUT2D eigenvalue weighted by atomic mass is 10.0. The molecule has 0 aliphatic heterocycles. The summed E-state index contributed by atoms with van der Waals surface area (Å²) in [5.74, 6) is 5.28. The van der Waals surface area contributed by atoms with Gasteiger partial charge in [-0.05, 0) is 30.2 Å². The number of benzene rings is 1. The van der Waals surface area contributed by atoms with Crippen LogP contribution in [0.3, 0.4) is 0 Å². The van der Waals surface area contributed by atoms with Gasteiger partial charge in [0.2, 0.25) is 0 Å². The molecule has 0 aliphatic rings. The molecule has 0 amide bonds. The quantitative estimate of drug-likeness (QED) is 0.624. The number of aromatic nitrogens is 2. The fourth-order valence-corrected chi connectivity index (χ4v) is 1.91. The summed E-state index contributed by atoms with van der Waals surface area (Å²) in [7, 11) is 1.83. The smallest absolute Gasteiger partial charge is 0.123 e. The number of nitrogens with one attached hydrogen (secondary N) is 1. The number of hydrogen-bond donors (Lipinski definition) is 2. The Morgan fingerprint density at radius 1 is 1.35 bits per heavy atom. The van der Waals surface area contributed by atoms with Gasteiger partial charge in [0.05, 0.1) is 12.2 Å². The van der Waals surface area contributed by atoms with Crippen molar-refractivity contribution >= 4 is 0 Å². The molecule has 0 aliphatic carbocycles. The zero-order valence-electron chi connectivity index (χ0n) is 9.81. The summed E-state index contributed by atoms with van der Waals surface area (Å²) in [4.78, 5) is 0. The Bertz CT molecular complexity index is 501. The minimum absolute atomic E-state index is 0.252. The average Bonchev–Trinajstić information content (AvgIpc) is 2.64. The number of nitrogens with zero attached hydrogens (tertiary/aromatic N) is 2. The van der Waals surface area contributed by atoms with Gasteiger partial charge in [0.1, 0.15) is 5.82 Å². The summed E-state index contributed by atoms with van der Waals surface area (Å²) in [5.41, 5.74) is 5.24. The first-order chi connectivity index (χ1) is 8.10. The molecule has 0 fully saturated rings. The number of aryl methyl sites for hydroxylation is 2. The first-order valence-corrected chi connectivity index (χ1v) is 5.32. The van der Waals surface area contributed by atoms with Gasteiger partial charge in [0, 0.05) is 18.8 Å². The Labute approximate surface area is 99.2 Å². The Kier molecular flexibility index (Phi) is 3.21. The second-order valence-corrected chi connectivity index (χ2v) is 4.11. The van der Waals surface area contributed by atoms with Crippen molar-refractivity contribution in [3.8, 4) is 0 Å². The normalized spacial score (nSPS) is 12.7. The maximum Gasteiger partial charge on any atom is 0.123 e. The first-order valence-electron chi connectivity index (χ1n) is 5.32. The van der Waals surface area contributed by atoms with Crippen molar-refractivity contribution in [1.29, 1.82) is 0 Å². The van der Waals surface area contributed by atoms with Gasteiger partial charge in [0.25, 0.3) is 0 Å². The van der Waals surface area contributed by atoms with Crippen LogP contribution in [0.2, 0.25) is 0 Å². The van der Waals surface area contributed by atoms with Gasteiger partial charge in [-0.2, -0.15) is 5.10 Å². The van der Waals surface area contributed by atoms with E-state index in [1.54, 1.807) is 10.9 Å².